The third-order valence-electron chi connectivity index (χ3n) is 3.19. The molecular weight excluding hydrogens is 288 g/mol. The van der Waals surface area contributed by atoms with Gasteiger partial charge in [-0.2, -0.15) is 0 Å². The Hall–Kier alpha value is -1.28. The lowest BCUT2D eigenvalue weighted by Gasteiger charge is -2.08. The van der Waals surface area contributed by atoms with Crippen molar-refractivity contribution in [2.45, 2.75) is 26.7 Å². The quantitative estimate of drug-likeness (QED) is 0.877. The molecule has 18 heavy (non-hydrogen) atoms. The van der Waals surface area contributed by atoms with Crippen molar-refractivity contribution in [3.8, 4) is 5.75 Å². The van der Waals surface area contributed by atoms with Crippen LogP contribution in [0.2, 0.25) is 0 Å². The largest absolute Gasteiger partial charge is 0.508 e. The normalized spacial score (nSPS) is 10.6. The Kier molecular flexibility index (Phi) is 4.07. The van der Waals surface area contributed by atoms with Crippen molar-refractivity contribution in [2.24, 2.45) is 0 Å². The average Bonchev–Trinajstić information content (AvgIpc) is 2.37. The van der Waals surface area contributed by atoms with Gasteiger partial charge in [-0.3, -0.25) is 0 Å². The number of halogens is 1. The summed E-state index contributed by atoms with van der Waals surface area (Å²) < 4.78 is 0.963. The van der Waals surface area contributed by atoms with Gasteiger partial charge in [-0.1, -0.05) is 53.2 Å². The molecule has 0 aliphatic carbocycles. The zero-order chi connectivity index (χ0) is 13.1. The Labute approximate surface area is 117 Å². The maximum absolute atomic E-state index is 9.63. The fourth-order valence-electron chi connectivity index (χ4n) is 1.98. The first kappa shape index (κ1) is 13.2. The topological polar surface area (TPSA) is 20.2 Å². The van der Waals surface area contributed by atoms with Gasteiger partial charge in [0, 0.05) is 4.47 Å². The average molecular weight is 305 g/mol. The van der Waals surface area contributed by atoms with Crippen LogP contribution >= 0.6 is 15.9 Å². The minimum atomic E-state index is 0.340. The summed E-state index contributed by atoms with van der Waals surface area (Å²) in [6.45, 7) is 4.08. The van der Waals surface area contributed by atoms with Crippen molar-refractivity contribution in [2.75, 3.05) is 0 Å². The van der Waals surface area contributed by atoms with Gasteiger partial charge >= 0.3 is 0 Å². The first-order chi connectivity index (χ1) is 8.60. The molecule has 0 saturated heterocycles. The molecule has 1 N–H and O–H groups in total. The van der Waals surface area contributed by atoms with Gasteiger partial charge in [-0.25, -0.2) is 0 Å². The van der Waals surface area contributed by atoms with E-state index in [1.54, 1.807) is 6.07 Å². The number of hydrogen-bond donors (Lipinski definition) is 1. The van der Waals surface area contributed by atoms with Crippen LogP contribution in [0.3, 0.4) is 0 Å². The fraction of sp³-hybridized carbons (Fsp3) is 0.250. The number of rotatable bonds is 3. The standard InChI is InChI=1S/C16H17BrO/c1-3-12-4-6-13(7-5-12)9-14-8-11(2)16(18)10-15(14)17/h4-8,10,18H,3,9H2,1-2H3. The van der Waals surface area contributed by atoms with Crippen molar-refractivity contribution in [1.29, 1.82) is 0 Å². The van der Waals surface area contributed by atoms with Gasteiger partial charge in [0.15, 0.2) is 0 Å². The van der Waals surface area contributed by atoms with E-state index in [2.05, 4.69) is 47.1 Å². The molecule has 0 aliphatic heterocycles. The predicted molar refractivity (Wildman–Crippen MR) is 79.2 cm³/mol. The summed E-state index contributed by atoms with van der Waals surface area (Å²) in [5.74, 6) is 0.340. The van der Waals surface area contributed by atoms with E-state index in [0.29, 0.717) is 5.75 Å². The molecule has 0 fully saturated rings. The van der Waals surface area contributed by atoms with Crippen LogP contribution < -0.4 is 0 Å². The van der Waals surface area contributed by atoms with E-state index in [1.807, 2.05) is 13.0 Å². The molecule has 94 valence electrons. The molecule has 0 spiro atoms. The van der Waals surface area contributed by atoms with Gasteiger partial charge in [0.2, 0.25) is 0 Å². The van der Waals surface area contributed by atoms with Crippen LogP contribution in [0.25, 0.3) is 0 Å². The molecule has 2 heteroatoms. The molecule has 0 aliphatic rings. The Morgan fingerprint density at radius 2 is 1.67 bits per heavy atom. The summed E-state index contributed by atoms with van der Waals surface area (Å²) in [7, 11) is 0. The first-order valence-electron chi connectivity index (χ1n) is 6.16. The Balaban J connectivity index is 2.25. The molecule has 0 amide bonds. The third-order valence-corrected chi connectivity index (χ3v) is 3.93. The Morgan fingerprint density at radius 3 is 2.28 bits per heavy atom. The highest BCUT2D eigenvalue weighted by Gasteiger charge is 2.05. The van der Waals surface area contributed by atoms with Crippen LogP contribution in [-0.4, -0.2) is 5.11 Å². The summed E-state index contributed by atoms with van der Waals surface area (Å²) in [6.07, 6.45) is 1.95. The zero-order valence-electron chi connectivity index (χ0n) is 10.7. The molecule has 0 saturated carbocycles. The van der Waals surface area contributed by atoms with Crippen LogP contribution in [-0.2, 0) is 12.8 Å². The minimum absolute atomic E-state index is 0.340. The highest BCUT2D eigenvalue weighted by molar-refractivity contribution is 9.10. The second kappa shape index (κ2) is 5.57. The van der Waals surface area contributed by atoms with Gasteiger partial charge in [0.1, 0.15) is 5.75 Å². The molecule has 0 aromatic heterocycles. The molecule has 2 aromatic carbocycles. The maximum Gasteiger partial charge on any atom is 0.119 e. The smallest absolute Gasteiger partial charge is 0.119 e. The Morgan fingerprint density at radius 1 is 1.06 bits per heavy atom. The number of phenols is 1. The molecule has 2 rings (SSSR count). The van der Waals surface area contributed by atoms with Gasteiger partial charge in [-0.05, 0) is 48.1 Å². The zero-order valence-corrected chi connectivity index (χ0v) is 12.3. The van der Waals surface area contributed by atoms with Gasteiger partial charge in [0.05, 0.1) is 0 Å². The lowest BCUT2D eigenvalue weighted by Crippen LogP contribution is -1.92. The van der Waals surface area contributed by atoms with Crippen LogP contribution in [0.15, 0.2) is 40.9 Å². The third kappa shape index (κ3) is 2.94. The number of aryl methyl sites for hydroxylation is 2. The van der Waals surface area contributed by atoms with E-state index in [4.69, 9.17) is 0 Å². The van der Waals surface area contributed by atoms with E-state index < -0.39 is 0 Å². The van der Waals surface area contributed by atoms with E-state index in [0.717, 1.165) is 22.9 Å². The van der Waals surface area contributed by atoms with Crippen molar-refractivity contribution in [1.82, 2.24) is 0 Å². The molecule has 0 radical (unpaired) electrons. The number of benzene rings is 2. The summed E-state index contributed by atoms with van der Waals surface area (Å²) in [6, 6.07) is 12.5. The highest BCUT2D eigenvalue weighted by Crippen LogP contribution is 2.27. The maximum atomic E-state index is 9.63. The highest BCUT2D eigenvalue weighted by atomic mass is 79.9. The van der Waals surface area contributed by atoms with E-state index in [-0.39, 0.29) is 0 Å². The first-order valence-corrected chi connectivity index (χ1v) is 6.95. The van der Waals surface area contributed by atoms with E-state index >= 15 is 0 Å². The van der Waals surface area contributed by atoms with Crippen molar-refractivity contribution < 1.29 is 5.11 Å². The van der Waals surface area contributed by atoms with Crippen LogP contribution in [0.1, 0.15) is 29.2 Å². The summed E-state index contributed by atoms with van der Waals surface area (Å²) in [4.78, 5) is 0. The molecule has 0 bridgehead atoms. The lowest BCUT2D eigenvalue weighted by molar-refractivity contribution is 0.470. The van der Waals surface area contributed by atoms with Gasteiger partial charge < -0.3 is 5.11 Å². The van der Waals surface area contributed by atoms with Crippen LogP contribution in [0, 0.1) is 6.92 Å². The fourth-order valence-corrected chi connectivity index (χ4v) is 2.45. The molecular formula is C16H17BrO. The Bertz CT molecular complexity index is 544. The van der Waals surface area contributed by atoms with E-state index in [9.17, 15) is 5.11 Å². The number of phenolic OH excluding ortho intramolecular Hbond substituents is 1. The summed E-state index contributed by atoms with van der Waals surface area (Å²) in [5.41, 5.74) is 4.77. The predicted octanol–water partition coefficient (Wildman–Crippen LogP) is 4.62. The number of aromatic hydroxyl groups is 1. The summed E-state index contributed by atoms with van der Waals surface area (Å²) in [5, 5.41) is 9.63. The second-order valence-electron chi connectivity index (χ2n) is 4.58. The minimum Gasteiger partial charge on any atom is -0.508 e. The molecule has 2 aromatic rings. The SMILES string of the molecule is CCc1ccc(Cc2cc(C)c(O)cc2Br)cc1. The molecule has 1 nitrogen and oxygen atoms in total. The molecule has 0 heterocycles. The van der Waals surface area contributed by atoms with Gasteiger partial charge in [-0.15, -0.1) is 0 Å². The number of hydrogen-bond acceptors (Lipinski definition) is 1. The van der Waals surface area contributed by atoms with Crippen molar-refractivity contribution >= 4 is 15.9 Å². The van der Waals surface area contributed by atoms with Crippen molar-refractivity contribution in [3.05, 3.63) is 63.1 Å². The van der Waals surface area contributed by atoms with Crippen molar-refractivity contribution in [3.63, 3.8) is 0 Å². The van der Waals surface area contributed by atoms with Crippen LogP contribution in [0.4, 0.5) is 0 Å². The monoisotopic (exact) mass is 304 g/mol. The van der Waals surface area contributed by atoms with Gasteiger partial charge in [0.25, 0.3) is 0 Å². The van der Waals surface area contributed by atoms with E-state index in [1.165, 1.54) is 16.7 Å². The summed E-state index contributed by atoms with van der Waals surface area (Å²) >= 11 is 3.51. The molecule has 0 unspecified atom stereocenters. The lowest BCUT2D eigenvalue weighted by atomic mass is 10.0. The van der Waals surface area contributed by atoms with Crippen LogP contribution in [0.5, 0.6) is 5.75 Å². The second-order valence-corrected chi connectivity index (χ2v) is 5.43. The molecule has 0 atom stereocenters.